The van der Waals surface area contributed by atoms with E-state index >= 15 is 0 Å². The fourth-order valence-corrected chi connectivity index (χ4v) is 2.91. The van der Waals surface area contributed by atoms with E-state index < -0.39 is 5.82 Å². The summed E-state index contributed by atoms with van der Waals surface area (Å²) in [6, 6.07) is 14.7. The molecular weight excluding hydrogens is 357 g/mol. The van der Waals surface area contributed by atoms with Gasteiger partial charge in [0.1, 0.15) is 36.0 Å². The molecule has 0 fully saturated rings. The van der Waals surface area contributed by atoms with Crippen LogP contribution in [0.2, 0.25) is 0 Å². The lowest BCUT2D eigenvalue weighted by molar-refractivity contribution is 0.304. The molecule has 0 spiro atoms. The van der Waals surface area contributed by atoms with Gasteiger partial charge in [-0.1, -0.05) is 30.3 Å². The number of H-pyrrole nitrogens is 1. The van der Waals surface area contributed by atoms with Gasteiger partial charge in [0.25, 0.3) is 0 Å². The molecule has 0 bridgehead atoms. The summed E-state index contributed by atoms with van der Waals surface area (Å²) in [5, 5.41) is 4.22. The SMILES string of the molecule is CC(C)n1ncnc1-c1cnc(-c2ccc(OCc3ccccc3)cc2F)[nH]1. The zero-order valence-corrected chi connectivity index (χ0v) is 15.6. The van der Waals surface area contributed by atoms with Crippen LogP contribution in [-0.4, -0.2) is 24.7 Å². The van der Waals surface area contributed by atoms with Crippen molar-refractivity contribution >= 4 is 0 Å². The molecule has 0 saturated heterocycles. The second kappa shape index (κ2) is 7.64. The number of aromatic amines is 1. The van der Waals surface area contributed by atoms with Gasteiger partial charge in [-0.15, -0.1) is 0 Å². The summed E-state index contributed by atoms with van der Waals surface area (Å²) < 4.78 is 22.1. The van der Waals surface area contributed by atoms with Crippen molar-refractivity contribution in [2.75, 3.05) is 0 Å². The fraction of sp³-hybridized carbons (Fsp3) is 0.190. The number of rotatable bonds is 6. The van der Waals surface area contributed by atoms with Crippen LogP contribution in [0, 0.1) is 5.82 Å². The monoisotopic (exact) mass is 377 g/mol. The predicted molar refractivity (Wildman–Crippen MR) is 104 cm³/mol. The Morgan fingerprint density at radius 3 is 2.68 bits per heavy atom. The maximum Gasteiger partial charge on any atom is 0.176 e. The molecule has 0 aliphatic carbocycles. The van der Waals surface area contributed by atoms with Gasteiger partial charge in [0.05, 0.1) is 11.8 Å². The van der Waals surface area contributed by atoms with Crippen LogP contribution < -0.4 is 4.74 Å². The Labute approximate surface area is 162 Å². The van der Waals surface area contributed by atoms with Gasteiger partial charge in [-0.05, 0) is 31.5 Å². The zero-order chi connectivity index (χ0) is 19.5. The Morgan fingerprint density at radius 1 is 1.11 bits per heavy atom. The minimum Gasteiger partial charge on any atom is -0.489 e. The summed E-state index contributed by atoms with van der Waals surface area (Å²) in [4.78, 5) is 11.7. The Kier molecular flexibility index (Phi) is 4.89. The van der Waals surface area contributed by atoms with E-state index in [0.29, 0.717) is 35.3 Å². The minimum absolute atomic E-state index is 0.155. The van der Waals surface area contributed by atoms with Gasteiger partial charge in [0.2, 0.25) is 0 Å². The number of hydrogen-bond acceptors (Lipinski definition) is 4. The van der Waals surface area contributed by atoms with E-state index in [1.165, 1.54) is 12.4 Å². The Morgan fingerprint density at radius 2 is 1.93 bits per heavy atom. The Hall–Kier alpha value is -3.48. The van der Waals surface area contributed by atoms with Crippen molar-refractivity contribution in [1.29, 1.82) is 0 Å². The van der Waals surface area contributed by atoms with Crippen LogP contribution in [0.4, 0.5) is 4.39 Å². The van der Waals surface area contributed by atoms with Gasteiger partial charge in [-0.25, -0.2) is 19.0 Å². The smallest absolute Gasteiger partial charge is 0.176 e. The normalized spacial score (nSPS) is 11.1. The predicted octanol–water partition coefficient (Wildman–Crippen LogP) is 4.63. The molecule has 4 rings (SSSR count). The molecule has 4 aromatic rings. The molecular formula is C21H20FN5O. The summed E-state index contributed by atoms with van der Waals surface area (Å²) in [5.41, 5.74) is 2.08. The molecule has 0 radical (unpaired) electrons. The number of aromatic nitrogens is 5. The number of ether oxygens (including phenoxy) is 1. The quantitative estimate of drug-likeness (QED) is 0.532. The molecule has 7 heteroatoms. The molecule has 2 aromatic heterocycles. The summed E-state index contributed by atoms with van der Waals surface area (Å²) in [6.07, 6.45) is 3.13. The van der Waals surface area contributed by atoms with Crippen LogP contribution in [0.15, 0.2) is 61.1 Å². The van der Waals surface area contributed by atoms with Crippen molar-refractivity contribution in [3.63, 3.8) is 0 Å². The first-order chi connectivity index (χ1) is 13.6. The molecule has 2 heterocycles. The van der Waals surface area contributed by atoms with Crippen molar-refractivity contribution in [2.24, 2.45) is 0 Å². The van der Waals surface area contributed by atoms with Crippen LogP contribution in [0.3, 0.4) is 0 Å². The number of nitrogens with zero attached hydrogens (tertiary/aromatic N) is 4. The van der Waals surface area contributed by atoms with Gasteiger partial charge in [0, 0.05) is 12.1 Å². The average Bonchev–Trinajstić information content (AvgIpc) is 3.36. The molecule has 2 aromatic carbocycles. The van der Waals surface area contributed by atoms with E-state index in [4.69, 9.17) is 4.74 Å². The maximum absolute atomic E-state index is 14.6. The molecule has 0 atom stereocenters. The Bertz CT molecular complexity index is 1070. The van der Waals surface area contributed by atoms with Crippen molar-refractivity contribution in [3.8, 4) is 28.7 Å². The Balaban J connectivity index is 1.54. The van der Waals surface area contributed by atoms with E-state index in [9.17, 15) is 4.39 Å². The highest BCUT2D eigenvalue weighted by atomic mass is 19.1. The molecule has 28 heavy (non-hydrogen) atoms. The molecule has 0 aliphatic rings. The fourth-order valence-electron chi connectivity index (χ4n) is 2.91. The van der Waals surface area contributed by atoms with E-state index in [1.807, 2.05) is 44.2 Å². The number of imidazole rings is 1. The van der Waals surface area contributed by atoms with E-state index in [-0.39, 0.29) is 6.04 Å². The first-order valence-electron chi connectivity index (χ1n) is 9.03. The average molecular weight is 377 g/mol. The molecule has 0 saturated carbocycles. The third-order valence-electron chi connectivity index (χ3n) is 4.32. The summed E-state index contributed by atoms with van der Waals surface area (Å²) in [7, 11) is 0. The van der Waals surface area contributed by atoms with Crippen molar-refractivity contribution in [3.05, 3.63) is 72.4 Å². The second-order valence-electron chi connectivity index (χ2n) is 6.68. The summed E-state index contributed by atoms with van der Waals surface area (Å²) in [6.45, 7) is 4.42. The standard InChI is InChI=1S/C21H20FN5O/c1-14(2)27-21(24-13-25-27)19-11-23-20(26-19)17-9-8-16(10-18(17)22)28-12-15-6-4-3-5-7-15/h3-11,13-14H,12H2,1-2H3,(H,23,26). The second-order valence-corrected chi connectivity index (χ2v) is 6.68. The lowest BCUT2D eigenvalue weighted by Gasteiger charge is -2.08. The molecule has 0 aliphatic heterocycles. The number of halogens is 1. The number of nitrogens with one attached hydrogen (secondary N) is 1. The highest BCUT2D eigenvalue weighted by Crippen LogP contribution is 2.27. The van der Waals surface area contributed by atoms with Gasteiger partial charge < -0.3 is 9.72 Å². The molecule has 6 nitrogen and oxygen atoms in total. The summed E-state index contributed by atoms with van der Waals surface area (Å²) in [5.74, 6) is 1.16. The van der Waals surface area contributed by atoms with Crippen LogP contribution in [-0.2, 0) is 6.61 Å². The molecule has 0 amide bonds. The highest BCUT2D eigenvalue weighted by Gasteiger charge is 2.15. The lowest BCUT2D eigenvalue weighted by atomic mass is 10.2. The van der Waals surface area contributed by atoms with Gasteiger partial charge in [0.15, 0.2) is 5.82 Å². The molecule has 1 N–H and O–H groups in total. The van der Waals surface area contributed by atoms with Gasteiger partial charge >= 0.3 is 0 Å². The van der Waals surface area contributed by atoms with Crippen LogP contribution in [0.1, 0.15) is 25.5 Å². The van der Waals surface area contributed by atoms with E-state index in [1.54, 1.807) is 23.0 Å². The highest BCUT2D eigenvalue weighted by molar-refractivity contribution is 5.62. The van der Waals surface area contributed by atoms with Crippen molar-refractivity contribution in [2.45, 2.75) is 26.5 Å². The van der Waals surface area contributed by atoms with Crippen molar-refractivity contribution < 1.29 is 9.13 Å². The zero-order valence-electron chi connectivity index (χ0n) is 15.6. The van der Waals surface area contributed by atoms with Crippen LogP contribution >= 0.6 is 0 Å². The van der Waals surface area contributed by atoms with Gasteiger partial charge in [-0.3, -0.25) is 0 Å². The van der Waals surface area contributed by atoms with Gasteiger partial charge in [-0.2, -0.15) is 5.10 Å². The lowest BCUT2D eigenvalue weighted by Crippen LogP contribution is -2.05. The third kappa shape index (κ3) is 3.64. The first-order valence-corrected chi connectivity index (χ1v) is 9.03. The number of hydrogen-bond donors (Lipinski definition) is 1. The van der Waals surface area contributed by atoms with Crippen molar-refractivity contribution in [1.82, 2.24) is 24.7 Å². The topological polar surface area (TPSA) is 68.6 Å². The van der Waals surface area contributed by atoms with Crippen LogP contribution in [0.25, 0.3) is 22.9 Å². The number of benzene rings is 2. The maximum atomic E-state index is 14.6. The largest absolute Gasteiger partial charge is 0.489 e. The third-order valence-corrected chi connectivity index (χ3v) is 4.32. The first kappa shape index (κ1) is 17.9. The summed E-state index contributed by atoms with van der Waals surface area (Å²) >= 11 is 0. The van der Waals surface area contributed by atoms with E-state index in [0.717, 1.165) is 5.56 Å². The molecule has 142 valence electrons. The van der Waals surface area contributed by atoms with Crippen LogP contribution in [0.5, 0.6) is 5.75 Å². The molecule has 0 unspecified atom stereocenters. The minimum atomic E-state index is -0.406. The van der Waals surface area contributed by atoms with E-state index in [2.05, 4.69) is 20.1 Å².